The molecule has 1 aromatic carbocycles. The van der Waals surface area contributed by atoms with Crippen molar-refractivity contribution >= 4 is 30.7 Å². The molecule has 0 spiro atoms. The summed E-state index contributed by atoms with van der Waals surface area (Å²) < 4.78 is 26.6. The minimum absolute atomic E-state index is 0.162. The van der Waals surface area contributed by atoms with Crippen LogP contribution >= 0.6 is 11.3 Å². The van der Waals surface area contributed by atoms with E-state index in [1.165, 1.54) is 11.3 Å². The lowest BCUT2D eigenvalue weighted by Gasteiger charge is -2.26. The van der Waals surface area contributed by atoms with Gasteiger partial charge in [-0.2, -0.15) is 0 Å². The zero-order valence-corrected chi connectivity index (χ0v) is 14.3. The lowest BCUT2D eigenvalue weighted by atomic mass is 10.1. The summed E-state index contributed by atoms with van der Waals surface area (Å²) in [6.07, 6.45) is -0.162. The van der Waals surface area contributed by atoms with Crippen molar-refractivity contribution in [3.05, 3.63) is 52.2 Å². The van der Waals surface area contributed by atoms with Crippen LogP contribution in [0.15, 0.2) is 46.7 Å². The second-order valence-electron chi connectivity index (χ2n) is 5.45. The average Bonchev–Trinajstić information content (AvgIpc) is 2.85. The zero-order valence-electron chi connectivity index (χ0n) is 11.7. The summed E-state index contributed by atoms with van der Waals surface area (Å²) >= 11 is -0.472. The van der Waals surface area contributed by atoms with Crippen molar-refractivity contribution in [1.29, 1.82) is 0 Å². The maximum Gasteiger partial charge on any atom is 0.187 e. The normalized spacial score (nSPS) is 15.0. The van der Waals surface area contributed by atoms with E-state index in [9.17, 15) is 4.21 Å². The molecule has 6 heteroatoms. The smallest absolute Gasteiger partial charge is 0.187 e. The number of hydrogen-bond acceptors (Lipinski definition) is 3. The van der Waals surface area contributed by atoms with Gasteiger partial charge in [-0.25, -0.2) is 4.21 Å². The summed E-state index contributed by atoms with van der Waals surface area (Å²) in [5.74, 6) is 0. The van der Waals surface area contributed by atoms with Gasteiger partial charge in [0.25, 0.3) is 0 Å². The Balaban J connectivity index is 2.38. The highest BCUT2D eigenvalue weighted by atomic mass is 32.2. The van der Waals surface area contributed by atoms with Crippen molar-refractivity contribution in [1.82, 2.24) is 0 Å². The maximum absolute atomic E-state index is 11.1. The fraction of sp³-hybridized carbons (Fsp3) is 0.286. The summed E-state index contributed by atoms with van der Waals surface area (Å²) in [6, 6.07) is 11.7. The molecule has 0 amide bonds. The first-order valence-electron chi connectivity index (χ1n) is 6.29. The average molecular weight is 327 g/mol. The van der Waals surface area contributed by atoms with Gasteiger partial charge in [-0.15, -0.1) is 11.3 Å². The molecule has 2 rings (SSSR count). The third-order valence-corrected chi connectivity index (χ3v) is 5.34. The highest BCUT2D eigenvalue weighted by molar-refractivity contribution is 7.79. The Morgan fingerprint density at radius 1 is 1.25 bits per heavy atom. The molecule has 0 radical (unpaired) electrons. The van der Waals surface area contributed by atoms with Crippen molar-refractivity contribution < 1.29 is 13.2 Å². The van der Waals surface area contributed by atoms with Gasteiger partial charge in [0.15, 0.2) is 19.4 Å². The number of rotatable bonds is 5. The Morgan fingerprint density at radius 3 is 2.40 bits per heavy atom. The molecule has 1 N–H and O–H groups in total. The molecular weight excluding hydrogens is 308 g/mol. The van der Waals surface area contributed by atoms with Crippen molar-refractivity contribution in [2.45, 2.75) is 30.6 Å². The molecule has 2 unspecified atom stereocenters. The van der Waals surface area contributed by atoms with Crippen LogP contribution in [0, 0.1) is 0 Å². The van der Waals surface area contributed by atoms with Crippen LogP contribution in [0.5, 0.6) is 0 Å². The molecule has 2 atom stereocenters. The fourth-order valence-corrected chi connectivity index (χ4v) is 4.49. The number of hydrogen-bond donors (Lipinski definition) is 1. The van der Waals surface area contributed by atoms with E-state index >= 15 is 0 Å². The van der Waals surface area contributed by atoms with Crippen LogP contribution < -0.4 is 0 Å². The monoisotopic (exact) mass is 326 g/mol. The van der Waals surface area contributed by atoms with Gasteiger partial charge in [0.1, 0.15) is 6.10 Å². The standard InChI is InChI=1S/C14H18O3S2Si/c1-20(2,3)17-14(11-7-5-4-6-8-11)13-9-12(10-18-13)19(15)16/h4-10,14H,1-3H3,(H,15,16). The first-order chi connectivity index (χ1) is 9.37. The SMILES string of the molecule is C[Si](C)(C)OC(c1ccccc1)c1cc(S(=O)O)cs1. The molecule has 3 nitrogen and oxygen atoms in total. The molecule has 1 aromatic heterocycles. The summed E-state index contributed by atoms with van der Waals surface area (Å²) in [6.45, 7) is 6.42. The second-order valence-corrected chi connectivity index (χ2v) is 11.8. The van der Waals surface area contributed by atoms with Gasteiger partial charge in [0.05, 0.1) is 4.90 Å². The van der Waals surface area contributed by atoms with E-state index in [0.29, 0.717) is 4.90 Å². The fourth-order valence-electron chi connectivity index (χ4n) is 1.84. The molecule has 108 valence electrons. The highest BCUT2D eigenvalue weighted by Gasteiger charge is 2.25. The maximum atomic E-state index is 11.1. The molecule has 0 aliphatic rings. The van der Waals surface area contributed by atoms with Crippen molar-refractivity contribution in [2.75, 3.05) is 0 Å². The molecule has 2 aromatic rings. The Bertz CT molecular complexity index is 590. The molecule has 0 saturated carbocycles. The summed E-state index contributed by atoms with van der Waals surface area (Å²) in [5.41, 5.74) is 1.08. The van der Waals surface area contributed by atoms with Crippen molar-refractivity contribution in [3.63, 3.8) is 0 Å². The van der Waals surface area contributed by atoms with Crippen LogP contribution in [0.3, 0.4) is 0 Å². The van der Waals surface area contributed by atoms with Gasteiger partial charge in [-0.1, -0.05) is 30.3 Å². The van der Waals surface area contributed by atoms with Crippen LogP contribution in [-0.4, -0.2) is 17.1 Å². The molecule has 20 heavy (non-hydrogen) atoms. The summed E-state index contributed by atoms with van der Waals surface area (Å²) in [4.78, 5) is 1.40. The van der Waals surface area contributed by atoms with Gasteiger partial charge >= 0.3 is 0 Å². The predicted molar refractivity (Wildman–Crippen MR) is 86.1 cm³/mol. The van der Waals surface area contributed by atoms with Crippen molar-refractivity contribution in [2.24, 2.45) is 0 Å². The van der Waals surface area contributed by atoms with E-state index in [4.69, 9.17) is 8.98 Å². The minimum Gasteiger partial charge on any atom is -0.406 e. The van der Waals surface area contributed by atoms with E-state index in [1.54, 1.807) is 11.4 Å². The highest BCUT2D eigenvalue weighted by Crippen LogP contribution is 2.34. The van der Waals surface area contributed by atoms with E-state index in [0.717, 1.165) is 10.4 Å². The minimum atomic E-state index is -1.94. The molecular formula is C14H18O3S2Si. The Labute approximate surface area is 127 Å². The molecule has 0 saturated heterocycles. The molecule has 1 heterocycles. The topological polar surface area (TPSA) is 46.5 Å². The molecule has 0 fully saturated rings. The first kappa shape index (κ1) is 15.6. The summed E-state index contributed by atoms with van der Waals surface area (Å²) in [5, 5.41) is 1.72. The van der Waals surface area contributed by atoms with Gasteiger partial charge in [-0.05, 0) is 31.3 Å². The second kappa shape index (κ2) is 6.32. The Morgan fingerprint density at radius 2 is 1.90 bits per heavy atom. The van der Waals surface area contributed by atoms with Crippen LogP contribution in [0.25, 0.3) is 0 Å². The third kappa shape index (κ3) is 4.10. The molecule has 0 bridgehead atoms. The lowest BCUT2D eigenvalue weighted by molar-refractivity contribution is 0.243. The van der Waals surface area contributed by atoms with E-state index in [1.807, 2.05) is 30.3 Å². The largest absolute Gasteiger partial charge is 0.406 e. The van der Waals surface area contributed by atoms with E-state index in [2.05, 4.69) is 19.6 Å². The Hall–Kier alpha value is -0.793. The van der Waals surface area contributed by atoms with Crippen LogP contribution in [0.2, 0.25) is 19.6 Å². The quantitative estimate of drug-likeness (QED) is 0.659. The lowest BCUT2D eigenvalue weighted by Crippen LogP contribution is -2.28. The molecule has 0 aliphatic heterocycles. The van der Waals surface area contributed by atoms with Crippen LogP contribution in [0.1, 0.15) is 16.5 Å². The number of thiophene rings is 1. The van der Waals surface area contributed by atoms with Crippen LogP contribution in [0.4, 0.5) is 0 Å². The van der Waals surface area contributed by atoms with Crippen LogP contribution in [-0.2, 0) is 15.5 Å². The van der Waals surface area contributed by atoms with Gasteiger partial charge in [0, 0.05) is 10.3 Å². The first-order valence-corrected chi connectivity index (χ1v) is 11.7. The van der Waals surface area contributed by atoms with E-state index in [-0.39, 0.29) is 6.10 Å². The van der Waals surface area contributed by atoms with E-state index < -0.39 is 19.4 Å². The molecule has 0 aliphatic carbocycles. The van der Waals surface area contributed by atoms with Gasteiger partial charge in [-0.3, -0.25) is 0 Å². The zero-order chi connectivity index (χ0) is 14.8. The predicted octanol–water partition coefficient (Wildman–Crippen LogP) is 4.27. The van der Waals surface area contributed by atoms with Crippen molar-refractivity contribution in [3.8, 4) is 0 Å². The summed E-state index contributed by atoms with van der Waals surface area (Å²) in [7, 11) is -1.74. The van der Waals surface area contributed by atoms with Gasteiger partial charge in [0.2, 0.25) is 0 Å². The Kier molecular flexibility index (Phi) is 4.93. The van der Waals surface area contributed by atoms with Gasteiger partial charge < -0.3 is 8.98 Å². The third-order valence-electron chi connectivity index (χ3n) is 2.63. The number of benzene rings is 1.